The molecule has 2 heterocycles. The first-order chi connectivity index (χ1) is 12.7. The Hall–Kier alpha value is -3.19. The summed E-state index contributed by atoms with van der Waals surface area (Å²) in [5, 5.41) is -0.347. The molecule has 1 aliphatic rings. The van der Waals surface area contributed by atoms with Gasteiger partial charge < -0.3 is 4.74 Å². The number of aromatic nitrogens is 2. The lowest BCUT2D eigenvalue weighted by molar-refractivity contribution is -0.113. The van der Waals surface area contributed by atoms with E-state index in [1.807, 2.05) is 24.3 Å². The number of imide groups is 1. The molecule has 0 spiro atoms. The van der Waals surface area contributed by atoms with Gasteiger partial charge in [-0.1, -0.05) is 12.1 Å². The number of rotatable bonds is 3. The number of thioether (sulfide) groups is 1. The van der Waals surface area contributed by atoms with Gasteiger partial charge in [-0.15, -0.1) is 0 Å². The van der Waals surface area contributed by atoms with Crippen molar-refractivity contribution in [2.24, 2.45) is 0 Å². The van der Waals surface area contributed by atoms with E-state index in [0.29, 0.717) is 22.0 Å². The molecule has 0 radical (unpaired) electrons. The van der Waals surface area contributed by atoms with E-state index in [0.717, 1.165) is 27.7 Å². The molecule has 1 aromatic heterocycles. The van der Waals surface area contributed by atoms with Gasteiger partial charge in [0.25, 0.3) is 11.1 Å². The summed E-state index contributed by atoms with van der Waals surface area (Å²) in [5.74, 6) is 0.280. The smallest absolute Gasteiger partial charge is 0.298 e. The van der Waals surface area contributed by atoms with Crippen LogP contribution >= 0.6 is 11.8 Å². The largest absolute Gasteiger partial charge is 0.497 e. The molecule has 1 fully saturated rings. The van der Waals surface area contributed by atoms with Crippen LogP contribution in [0.25, 0.3) is 17.1 Å². The van der Waals surface area contributed by atoms with E-state index in [2.05, 4.69) is 9.97 Å². The molecule has 2 amide bonds. The lowest BCUT2D eigenvalue weighted by Gasteiger charge is -2.12. The lowest BCUT2D eigenvalue weighted by atomic mass is 10.2. The van der Waals surface area contributed by atoms with Crippen LogP contribution in [0.3, 0.4) is 0 Å². The molecule has 0 aliphatic carbocycles. The second-order valence-electron chi connectivity index (χ2n) is 5.50. The van der Waals surface area contributed by atoms with Crippen molar-refractivity contribution in [2.75, 3.05) is 12.0 Å². The predicted molar refractivity (Wildman–Crippen MR) is 101 cm³/mol. The van der Waals surface area contributed by atoms with Crippen LogP contribution in [-0.2, 0) is 4.79 Å². The second kappa shape index (κ2) is 6.61. The Morgan fingerprint density at radius 2 is 1.77 bits per heavy atom. The summed E-state index contributed by atoms with van der Waals surface area (Å²) in [6, 6.07) is 14.2. The highest BCUT2D eigenvalue weighted by Gasteiger charge is 2.36. The van der Waals surface area contributed by atoms with Gasteiger partial charge in [0.1, 0.15) is 5.75 Å². The number of benzene rings is 2. The number of hydrogen-bond donors (Lipinski definition) is 0. The second-order valence-corrected chi connectivity index (χ2v) is 6.49. The van der Waals surface area contributed by atoms with E-state index in [1.54, 1.807) is 43.6 Å². The Kier molecular flexibility index (Phi) is 4.14. The lowest BCUT2D eigenvalue weighted by Crippen LogP contribution is -2.27. The molecule has 6 nitrogen and oxygen atoms in total. The fourth-order valence-electron chi connectivity index (χ4n) is 2.60. The van der Waals surface area contributed by atoms with Crippen molar-refractivity contribution in [1.29, 1.82) is 0 Å². The third kappa shape index (κ3) is 2.93. The van der Waals surface area contributed by atoms with E-state index in [-0.39, 0.29) is 11.1 Å². The van der Waals surface area contributed by atoms with Crippen molar-refractivity contribution < 1.29 is 14.3 Å². The highest BCUT2D eigenvalue weighted by molar-refractivity contribution is 8.19. The Balaban J connectivity index is 1.65. The maximum atomic E-state index is 12.7. The highest BCUT2D eigenvalue weighted by atomic mass is 32.2. The van der Waals surface area contributed by atoms with Crippen molar-refractivity contribution in [3.05, 3.63) is 65.3 Å². The van der Waals surface area contributed by atoms with Gasteiger partial charge in [-0.05, 0) is 54.2 Å². The van der Waals surface area contributed by atoms with Gasteiger partial charge in [-0.3, -0.25) is 14.6 Å². The minimum absolute atomic E-state index is 0.315. The fraction of sp³-hybridized carbons (Fsp3) is 0.0526. The number of para-hydroxylation sites is 2. The summed E-state index contributed by atoms with van der Waals surface area (Å²) in [7, 11) is 1.56. The molecule has 1 saturated heterocycles. The zero-order valence-corrected chi connectivity index (χ0v) is 14.6. The first kappa shape index (κ1) is 16.3. The van der Waals surface area contributed by atoms with E-state index >= 15 is 0 Å². The number of carbonyl (C=O) groups excluding carboxylic acids is 2. The Bertz CT molecular complexity index is 1050. The van der Waals surface area contributed by atoms with Crippen LogP contribution < -0.4 is 9.64 Å². The van der Waals surface area contributed by atoms with Gasteiger partial charge in [0.05, 0.1) is 40.6 Å². The van der Waals surface area contributed by atoms with Gasteiger partial charge >= 0.3 is 0 Å². The molecular weight excluding hydrogens is 350 g/mol. The third-order valence-corrected chi connectivity index (χ3v) is 4.74. The van der Waals surface area contributed by atoms with Crippen molar-refractivity contribution in [1.82, 2.24) is 9.97 Å². The number of anilines is 1. The summed E-state index contributed by atoms with van der Waals surface area (Å²) in [5.41, 5.74) is 2.54. The van der Waals surface area contributed by atoms with Gasteiger partial charge in [-0.25, -0.2) is 9.88 Å². The molecule has 0 unspecified atom stereocenters. The molecule has 0 bridgehead atoms. The molecule has 128 valence electrons. The Labute approximate surface area is 153 Å². The average molecular weight is 363 g/mol. The fourth-order valence-corrected chi connectivity index (χ4v) is 3.42. The molecular formula is C19H13N3O3S. The highest BCUT2D eigenvalue weighted by Crippen LogP contribution is 2.36. The third-order valence-electron chi connectivity index (χ3n) is 3.87. The van der Waals surface area contributed by atoms with E-state index in [1.165, 1.54) is 0 Å². The minimum Gasteiger partial charge on any atom is -0.497 e. The zero-order chi connectivity index (χ0) is 18.1. The van der Waals surface area contributed by atoms with E-state index in [4.69, 9.17) is 4.74 Å². The molecule has 0 N–H and O–H groups in total. The predicted octanol–water partition coefficient (Wildman–Crippen LogP) is 3.88. The molecule has 4 rings (SSSR count). The SMILES string of the molecule is COc1ccc(N2C(=O)S/C(=C\c3cnc4ccccc4n3)C2=O)cc1. The number of ether oxygens (including phenoxy) is 1. The van der Waals surface area contributed by atoms with Gasteiger partial charge in [0.2, 0.25) is 0 Å². The number of nitrogens with zero attached hydrogens (tertiary/aromatic N) is 3. The van der Waals surface area contributed by atoms with E-state index in [9.17, 15) is 9.59 Å². The Morgan fingerprint density at radius 1 is 1.04 bits per heavy atom. The summed E-state index contributed by atoms with van der Waals surface area (Å²) < 4.78 is 5.10. The van der Waals surface area contributed by atoms with Crippen LogP contribution in [-0.4, -0.2) is 28.2 Å². The maximum Gasteiger partial charge on any atom is 0.298 e. The monoisotopic (exact) mass is 363 g/mol. The summed E-state index contributed by atoms with van der Waals surface area (Å²) in [6.07, 6.45) is 3.18. The minimum atomic E-state index is -0.375. The Morgan fingerprint density at radius 3 is 2.50 bits per heavy atom. The van der Waals surface area contributed by atoms with Crippen LogP contribution in [0.4, 0.5) is 10.5 Å². The maximum absolute atomic E-state index is 12.7. The number of hydrogen-bond acceptors (Lipinski definition) is 6. The van der Waals surface area contributed by atoms with Crippen LogP contribution in [0.15, 0.2) is 59.6 Å². The van der Waals surface area contributed by atoms with Crippen molar-refractivity contribution in [3.8, 4) is 5.75 Å². The molecule has 3 aromatic rings. The van der Waals surface area contributed by atoms with E-state index < -0.39 is 0 Å². The molecule has 7 heteroatoms. The quantitative estimate of drug-likeness (QED) is 0.658. The molecule has 0 atom stereocenters. The number of methoxy groups -OCH3 is 1. The average Bonchev–Trinajstić information content (AvgIpc) is 2.95. The number of fused-ring (bicyclic) bond motifs is 1. The summed E-state index contributed by atoms with van der Waals surface area (Å²) >= 11 is 0.886. The number of amides is 2. The van der Waals surface area contributed by atoms with Crippen LogP contribution in [0.1, 0.15) is 5.69 Å². The van der Waals surface area contributed by atoms with Crippen molar-refractivity contribution in [3.63, 3.8) is 0 Å². The first-order valence-electron chi connectivity index (χ1n) is 7.79. The first-order valence-corrected chi connectivity index (χ1v) is 8.61. The summed E-state index contributed by atoms with van der Waals surface area (Å²) in [6.45, 7) is 0. The molecule has 26 heavy (non-hydrogen) atoms. The van der Waals surface area contributed by atoms with Gasteiger partial charge in [0.15, 0.2) is 0 Å². The van der Waals surface area contributed by atoms with Crippen molar-refractivity contribution >= 4 is 45.7 Å². The standard InChI is InChI=1S/C19H13N3O3S/c1-25-14-8-6-13(7-9-14)22-18(23)17(26-19(22)24)10-12-11-20-15-4-2-3-5-16(15)21-12/h2-11H,1H3/b17-10-. The van der Waals surface area contributed by atoms with Crippen LogP contribution in [0.5, 0.6) is 5.75 Å². The zero-order valence-electron chi connectivity index (χ0n) is 13.7. The number of carbonyl (C=O) groups is 2. The summed E-state index contributed by atoms with van der Waals surface area (Å²) in [4.78, 5) is 35.2. The topological polar surface area (TPSA) is 72.4 Å². The molecule has 0 saturated carbocycles. The van der Waals surface area contributed by atoms with Crippen LogP contribution in [0.2, 0.25) is 0 Å². The van der Waals surface area contributed by atoms with Crippen molar-refractivity contribution in [2.45, 2.75) is 0 Å². The normalized spacial score (nSPS) is 15.9. The van der Waals surface area contributed by atoms with Gasteiger partial charge in [0, 0.05) is 0 Å². The molecule has 2 aromatic carbocycles. The van der Waals surface area contributed by atoms with Gasteiger partial charge in [-0.2, -0.15) is 0 Å². The van der Waals surface area contributed by atoms with Crippen LogP contribution in [0, 0.1) is 0 Å². The molecule has 1 aliphatic heterocycles.